The Kier molecular flexibility index (Phi) is 7.18. The van der Waals surface area contributed by atoms with E-state index in [9.17, 15) is 28.3 Å². The fraction of sp³-hybridized carbons (Fsp3) is 0.368. The number of aliphatic hydroxyl groups is 1. The third-order valence-electron chi connectivity index (χ3n) is 4.43. The fourth-order valence-corrected chi connectivity index (χ4v) is 2.99. The molecule has 1 unspecified atom stereocenters. The van der Waals surface area contributed by atoms with Crippen molar-refractivity contribution in [1.29, 1.82) is 0 Å². The normalized spacial score (nSPS) is 16.4. The lowest BCUT2D eigenvalue weighted by Crippen LogP contribution is -2.44. The van der Waals surface area contributed by atoms with Crippen molar-refractivity contribution in [3.05, 3.63) is 46.3 Å². The van der Waals surface area contributed by atoms with Crippen molar-refractivity contribution in [2.45, 2.75) is 31.5 Å². The standard InChI is InChI=1S/C19H18ClF2N3O6/c20-9-1-2-14-11(5-9)13(27)7-15(30-14)18(28)24-8-10(26)3-4-23-19(29)16-6-12(17(21)22)25-31-16/h1-2,5-6,10,15,17,26H,3-4,7-8H2,(H,23,29)(H,24,28)/t10-,15?/m0/s1. The van der Waals surface area contributed by atoms with E-state index in [1.54, 1.807) is 6.07 Å². The van der Waals surface area contributed by atoms with Crippen LogP contribution in [0.3, 0.4) is 0 Å². The number of nitrogens with one attached hydrogen (secondary N) is 2. The summed E-state index contributed by atoms with van der Waals surface area (Å²) in [5.74, 6) is -1.73. The number of ether oxygens (including phenoxy) is 1. The van der Waals surface area contributed by atoms with Gasteiger partial charge in [-0.1, -0.05) is 16.8 Å². The number of benzene rings is 1. The molecular formula is C19H18ClF2N3O6. The molecule has 0 saturated heterocycles. The number of alkyl halides is 2. The predicted octanol–water partition coefficient (Wildman–Crippen LogP) is 1.90. The number of aliphatic hydroxyl groups excluding tert-OH is 1. The molecule has 0 spiro atoms. The van der Waals surface area contributed by atoms with Gasteiger partial charge in [0.1, 0.15) is 5.75 Å². The monoisotopic (exact) mass is 457 g/mol. The molecule has 2 heterocycles. The van der Waals surface area contributed by atoms with E-state index in [1.165, 1.54) is 12.1 Å². The zero-order valence-corrected chi connectivity index (χ0v) is 16.7. The third-order valence-corrected chi connectivity index (χ3v) is 4.66. The Bertz CT molecular complexity index is 983. The molecule has 1 aromatic carbocycles. The minimum atomic E-state index is -2.86. The number of rotatable bonds is 8. The minimum absolute atomic E-state index is 0.00681. The van der Waals surface area contributed by atoms with Gasteiger partial charge in [-0.05, 0) is 24.6 Å². The predicted molar refractivity (Wildman–Crippen MR) is 102 cm³/mol. The number of carbonyl (C=O) groups excluding carboxylic acids is 3. The highest BCUT2D eigenvalue weighted by Gasteiger charge is 2.31. The molecule has 0 aliphatic carbocycles. The lowest BCUT2D eigenvalue weighted by atomic mass is 10.0. The molecule has 2 aromatic rings. The van der Waals surface area contributed by atoms with Crippen molar-refractivity contribution >= 4 is 29.2 Å². The van der Waals surface area contributed by atoms with E-state index in [2.05, 4.69) is 20.3 Å². The van der Waals surface area contributed by atoms with Gasteiger partial charge in [-0.3, -0.25) is 14.4 Å². The molecule has 2 amide bonds. The first-order valence-corrected chi connectivity index (χ1v) is 9.60. The molecule has 1 aromatic heterocycles. The molecule has 12 heteroatoms. The zero-order chi connectivity index (χ0) is 22.5. The molecule has 0 bridgehead atoms. The maximum Gasteiger partial charge on any atom is 0.289 e. The van der Waals surface area contributed by atoms with Gasteiger partial charge < -0.3 is 25.0 Å². The number of aromatic nitrogens is 1. The average molecular weight is 458 g/mol. The first-order chi connectivity index (χ1) is 14.7. The van der Waals surface area contributed by atoms with Crippen LogP contribution in [0.15, 0.2) is 28.8 Å². The van der Waals surface area contributed by atoms with Gasteiger partial charge in [-0.25, -0.2) is 8.78 Å². The Morgan fingerprint density at radius 2 is 2.06 bits per heavy atom. The van der Waals surface area contributed by atoms with Crippen LogP contribution in [-0.2, 0) is 4.79 Å². The third kappa shape index (κ3) is 5.76. The van der Waals surface area contributed by atoms with Crippen molar-refractivity contribution in [3.8, 4) is 5.75 Å². The first kappa shape index (κ1) is 22.6. The molecular weight excluding hydrogens is 440 g/mol. The fourth-order valence-electron chi connectivity index (χ4n) is 2.81. The van der Waals surface area contributed by atoms with E-state index < -0.39 is 36.1 Å². The number of hydrogen-bond donors (Lipinski definition) is 3. The van der Waals surface area contributed by atoms with Crippen molar-refractivity contribution < 1.29 is 37.5 Å². The summed E-state index contributed by atoms with van der Waals surface area (Å²) >= 11 is 5.86. The number of fused-ring (bicyclic) bond motifs is 1. The Morgan fingerprint density at radius 3 is 2.77 bits per heavy atom. The van der Waals surface area contributed by atoms with Crippen LogP contribution in [0.5, 0.6) is 5.75 Å². The van der Waals surface area contributed by atoms with E-state index in [0.29, 0.717) is 10.6 Å². The average Bonchev–Trinajstić information content (AvgIpc) is 3.23. The number of Topliss-reactive ketones (excluding diaryl/α,β-unsaturated/α-hetero) is 1. The second-order valence-electron chi connectivity index (χ2n) is 6.73. The van der Waals surface area contributed by atoms with Gasteiger partial charge in [-0.15, -0.1) is 0 Å². The molecule has 1 aliphatic heterocycles. The van der Waals surface area contributed by atoms with Gasteiger partial charge in [0.15, 0.2) is 17.6 Å². The van der Waals surface area contributed by atoms with E-state index in [0.717, 1.165) is 6.07 Å². The lowest BCUT2D eigenvalue weighted by Gasteiger charge is -2.25. The van der Waals surface area contributed by atoms with Gasteiger partial charge in [0.25, 0.3) is 18.2 Å². The SMILES string of the molecule is O=C(NCC[C@H](O)CNC(=O)C1CC(=O)c2cc(Cl)ccc2O1)c1cc(C(F)F)no1. The highest BCUT2D eigenvalue weighted by atomic mass is 35.5. The van der Waals surface area contributed by atoms with Gasteiger partial charge in [0.2, 0.25) is 5.76 Å². The lowest BCUT2D eigenvalue weighted by molar-refractivity contribution is -0.128. The van der Waals surface area contributed by atoms with Gasteiger partial charge in [-0.2, -0.15) is 0 Å². The van der Waals surface area contributed by atoms with Crippen LogP contribution in [-0.4, -0.2) is 53.2 Å². The van der Waals surface area contributed by atoms with Crippen LogP contribution in [0.4, 0.5) is 8.78 Å². The van der Waals surface area contributed by atoms with Gasteiger partial charge in [0.05, 0.1) is 18.1 Å². The smallest absolute Gasteiger partial charge is 0.289 e. The Balaban J connectivity index is 1.40. The molecule has 3 rings (SSSR count). The van der Waals surface area contributed by atoms with Crippen molar-refractivity contribution in [2.24, 2.45) is 0 Å². The topological polar surface area (TPSA) is 131 Å². The molecule has 2 atom stereocenters. The van der Waals surface area contributed by atoms with Crippen LogP contribution in [0.25, 0.3) is 0 Å². The first-order valence-electron chi connectivity index (χ1n) is 9.22. The van der Waals surface area contributed by atoms with Crippen LogP contribution < -0.4 is 15.4 Å². The van der Waals surface area contributed by atoms with Crippen molar-refractivity contribution in [3.63, 3.8) is 0 Å². The zero-order valence-electron chi connectivity index (χ0n) is 15.9. The number of hydrogen-bond acceptors (Lipinski definition) is 7. The molecule has 3 N–H and O–H groups in total. The molecule has 31 heavy (non-hydrogen) atoms. The maximum absolute atomic E-state index is 12.4. The number of ketones is 1. The second kappa shape index (κ2) is 9.84. The second-order valence-corrected chi connectivity index (χ2v) is 7.17. The van der Waals surface area contributed by atoms with Gasteiger partial charge >= 0.3 is 0 Å². The summed E-state index contributed by atoms with van der Waals surface area (Å²) in [7, 11) is 0. The summed E-state index contributed by atoms with van der Waals surface area (Å²) < 4.78 is 34.9. The summed E-state index contributed by atoms with van der Waals surface area (Å²) in [6.07, 6.45) is -5.01. The minimum Gasteiger partial charge on any atom is -0.479 e. The van der Waals surface area contributed by atoms with Crippen LogP contribution in [0.2, 0.25) is 5.02 Å². The van der Waals surface area contributed by atoms with E-state index in [-0.39, 0.29) is 43.2 Å². The Morgan fingerprint density at radius 1 is 1.29 bits per heavy atom. The van der Waals surface area contributed by atoms with Gasteiger partial charge in [0, 0.05) is 24.2 Å². The van der Waals surface area contributed by atoms with Crippen molar-refractivity contribution in [1.82, 2.24) is 15.8 Å². The largest absolute Gasteiger partial charge is 0.479 e. The molecule has 1 aliphatic rings. The summed E-state index contributed by atoms with van der Waals surface area (Å²) in [4.78, 5) is 36.3. The highest BCUT2D eigenvalue weighted by molar-refractivity contribution is 6.31. The summed E-state index contributed by atoms with van der Waals surface area (Å²) in [5.41, 5.74) is -0.346. The molecule has 0 saturated carbocycles. The Hall–Kier alpha value is -3.05. The highest BCUT2D eigenvalue weighted by Crippen LogP contribution is 2.30. The summed E-state index contributed by atoms with van der Waals surface area (Å²) in [6, 6.07) is 5.34. The Labute approximate surface area is 179 Å². The van der Waals surface area contributed by atoms with E-state index in [1.807, 2.05) is 0 Å². The maximum atomic E-state index is 12.4. The number of carbonyl (C=O) groups is 3. The van der Waals surface area contributed by atoms with E-state index >= 15 is 0 Å². The summed E-state index contributed by atoms with van der Waals surface area (Å²) in [6.45, 7) is -0.152. The molecule has 166 valence electrons. The number of nitrogens with zero attached hydrogens (tertiary/aromatic N) is 1. The van der Waals surface area contributed by atoms with Crippen LogP contribution >= 0.6 is 11.6 Å². The van der Waals surface area contributed by atoms with Crippen LogP contribution in [0, 0.1) is 0 Å². The number of amides is 2. The van der Waals surface area contributed by atoms with E-state index in [4.69, 9.17) is 16.3 Å². The molecule has 9 nitrogen and oxygen atoms in total. The van der Waals surface area contributed by atoms with Crippen LogP contribution in [0.1, 0.15) is 45.9 Å². The van der Waals surface area contributed by atoms with Crippen molar-refractivity contribution in [2.75, 3.05) is 13.1 Å². The quantitative estimate of drug-likeness (QED) is 0.551. The summed E-state index contributed by atoms with van der Waals surface area (Å²) in [5, 5.41) is 18.3. The molecule has 0 radical (unpaired) electrons. The number of halogens is 3. The molecule has 0 fully saturated rings.